The van der Waals surface area contributed by atoms with E-state index in [0.29, 0.717) is 11.6 Å². The molecule has 1 aromatic carbocycles. The second-order valence-electron chi connectivity index (χ2n) is 3.48. The van der Waals surface area contributed by atoms with Gasteiger partial charge in [0.05, 0.1) is 16.8 Å². The zero-order valence-electron chi connectivity index (χ0n) is 8.95. The van der Waals surface area contributed by atoms with Gasteiger partial charge in [0.25, 0.3) is 0 Å². The van der Waals surface area contributed by atoms with Crippen LogP contribution in [0.1, 0.15) is 18.9 Å². The second-order valence-corrected chi connectivity index (χ2v) is 3.89. The molecule has 0 spiro atoms. The maximum Gasteiger partial charge on any atom is 0.320 e. The van der Waals surface area contributed by atoms with Gasteiger partial charge in [0.1, 0.15) is 5.82 Å². The predicted molar refractivity (Wildman–Crippen MR) is 61.6 cm³/mol. The van der Waals surface area contributed by atoms with E-state index in [0.717, 1.165) is 0 Å². The molecule has 0 aliphatic heterocycles. The summed E-state index contributed by atoms with van der Waals surface area (Å²) in [4.78, 5) is 0. The SMILES string of the molecule is CC(N)c1nnc(Nc2ccc(F)cc2Cl)o1. The molecule has 0 aliphatic carbocycles. The summed E-state index contributed by atoms with van der Waals surface area (Å²) >= 11 is 5.83. The van der Waals surface area contributed by atoms with Crippen LogP contribution in [-0.2, 0) is 0 Å². The van der Waals surface area contributed by atoms with Crippen LogP contribution in [0, 0.1) is 5.82 Å². The lowest BCUT2D eigenvalue weighted by atomic mass is 10.3. The van der Waals surface area contributed by atoms with E-state index in [2.05, 4.69) is 15.5 Å². The molecule has 0 fully saturated rings. The van der Waals surface area contributed by atoms with Gasteiger partial charge in [0, 0.05) is 0 Å². The van der Waals surface area contributed by atoms with E-state index in [1.54, 1.807) is 6.92 Å². The minimum Gasteiger partial charge on any atom is -0.406 e. The molecule has 1 unspecified atom stereocenters. The highest BCUT2D eigenvalue weighted by molar-refractivity contribution is 6.33. The molecule has 0 saturated heterocycles. The van der Waals surface area contributed by atoms with E-state index < -0.39 is 5.82 Å². The van der Waals surface area contributed by atoms with Crippen molar-refractivity contribution in [1.82, 2.24) is 10.2 Å². The Bertz CT molecular complexity index is 529. The highest BCUT2D eigenvalue weighted by Crippen LogP contribution is 2.25. The predicted octanol–water partition coefficient (Wildman–Crippen LogP) is 2.63. The van der Waals surface area contributed by atoms with Crippen molar-refractivity contribution in [2.24, 2.45) is 5.73 Å². The zero-order valence-corrected chi connectivity index (χ0v) is 9.70. The summed E-state index contributed by atoms with van der Waals surface area (Å²) in [6, 6.07) is 3.75. The molecule has 5 nitrogen and oxygen atoms in total. The minimum atomic E-state index is -0.414. The third kappa shape index (κ3) is 2.72. The third-order valence-electron chi connectivity index (χ3n) is 2.00. The molecular weight excluding hydrogens is 247 g/mol. The summed E-state index contributed by atoms with van der Waals surface area (Å²) < 4.78 is 18.0. The van der Waals surface area contributed by atoms with E-state index in [1.165, 1.54) is 18.2 Å². The molecule has 17 heavy (non-hydrogen) atoms. The Kier molecular flexibility index (Phi) is 3.26. The quantitative estimate of drug-likeness (QED) is 0.883. The van der Waals surface area contributed by atoms with E-state index in [9.17, 15) is 4.39 Å². The Balaban J connectivity index is 2.19. The number of nitrogens with one attached hydrogen (secondary N) is 1. The smallest absolute Gasteiger partial charge is 0.320 e. The maximum atomic E-state index is 12.8. The van der Waals surface area contributed by atoms with Crippen LogP contribution in [0.25, 0.3) is 0 Å². The Labute approximate surface area is 102 Å². The van der Waals surface area contributed by atoms with Crippen LogP contribution in [0.4, 0.5) is 16.1 Å². The topological polar surface area (TPSA) is 77.0 Å². The molecule has 0 radical (unpaired) electrons. The molecule has 1 atom stereocenters. The fraction of sp³-hybridized carbons (Fsp3) is 0.200. The summed E-state index contributed by atoms with van der Waals surface area (Å²) in [5.74, 6) is -0.104. The van der Waals surface area contributed by atoms with Crippen molar-refractivity contribution >= 4 is 23.3 Å². The molecule has 2 rings (SSSR count). The normalized spacial score (nSPS) is 12.5. The van der Waals surface area contributed by atoms with Crippen LogP contribution in [0.3, 0.4) is 0 Å². The summed E-state index contributed by atoms with van der Waals surface area (Å²) in [6.07, 6.45) is 0. The van der Waals surface area contributed by atoms with Gasteiger partial charge in [0.15, 0.2) is 0 Å². The van der Waals surface area contributed by atoms with Crippen molar-refractivity contribution < 1.29 is 8.81 Å². The van der Waals surface area contributed by atoms with Gasteiger partial charge in [0.2, 0.25) is 5.89 Å². The zero-order chi connectivity index (χ0) is 12.4. The van der Waals surface area contributed by atoms with Crippen molar-refractivity contribution in [3.63, 3.8) is 0 Å². The average molecular weight is 257 g/mol. The van der Waals surface area contributed by atoms with E-state index in [-0.39, 0.29) is 17.1 Å². The summed E-state index contributed by atoms with van der Waals surface area (Å²) in [5, 5.41) is 10.5. The fourth-order valence-electron chi connectivity index (χ4n) is 1.18. The first-order valence-corrected chi connectivity index (χ1v) is 5.25. The Morgan fingerprint density at radius 3 is 2.82 bits per heavy atom. The van der Waals surface area contributed by atoms with Gasteiger partial charge in [-0.2, -0.15) is 0 Å². The van der Waals surface area contributed by atoms with Crippen LogP contribution in [0.15, 0.2) is 22.6 Å². The van der Waals surface area contributed by atoms with Gasteiger partial charge in [-0.15, -0.1) is 5.10 Å². The molecule has 1 heterocycles. The van der Waals surface area contributed by atoms with E-state index in [1.807, 2.05) is 0 Å². The molecule has 7 heteroatoms. The van der Waals surface area contributed by atoms with Gasteiger partial charge in [-0.1, -0.05) is 16.7 Å². The number of anilines is 2. The summed E-state index contributed by atoms with van der Waals surface area (Å²) in [7, 11) is 0. The van der Waals surface area contributed by atoms with Gasteiger partial charge >= 0.3 is 6.01 Å². The molecule has 0 aliphatic rings. The molecule has 0 saturated carbocycles. The number of nitrogens with two attached hydrogens (primary N) is 1. The number of rotatable bonds is 3. The van der Waals surface area contributed by atoms with Crippen LogP contribution < -0.4 is 11.1 Å². The van der Waals surface area contributed by atoms with Crippen molar-refractivity contribution in [2.45, 2.75) is 13.0 Å². The first-order chi connectivity index (χ1) is 8.06. The molecule has 3 N–H and O–H groups in total. The number of aromatic nitrogens is 2. The fourth-order valence-corrected chi connectivity index (χ4v) is 1.39. The number of hydrogen-bond donors (Lipinski definition) is 2. The standard InChI is InChI=1S/C10H10ClFN4O/c1-5(13)9-15-16-10(17-9)14-8-3-2-6(12)4-7(8)11/h2-5H,13H2,1H3,(H,14,16). The van der Waals surface area contributed by atoms with Crippen molar-refractivity contribution in [1.29, 1.82) is 0 Å². The molecule has 0 amide bonds. The van der Waals surface area contributed by atoms with Gasteiger partial charge in [-0.25, -0.2) is 4.39 Å². The minimum absolute atomic E-state index is 0.158. The average Bonchev–Trinajstić information content (AvgIpc) is 2.71. The van der Waals surface area contributed by atoms with Crippen molar-refractivity contribution in [3.8, 4) is 0 Å². The van der Waals surface area contributed by atoms with Crippen molar-refractivity contribution in [2.75, 3.05) is 5.32 Å². The van der Waals surface area contributed by atoms with Crippen LogP contribution in [-0.4, -0.2) is 10.2 Å². The van der Waals surface area contributed by atoms with Gasteiger partial charge in [-0.3, -0.25) is 0 Å². The Morgan fingerprint density at radius 2 is 2.24 bits per heavy atom. The lowest BCUT2D eigenvalue weighted by molar-refractivity contribution is 0.475. The van der Waals surface area contributed by atoms with Crippen LogP contribution >= 0.6 is 11.6 Å². The van der Waals surface area contributed by atoms with Crippen LogP contribution in [0.5, 0.6) is 0 Å². The molecule has 1 aromatic heterocycles. The lowest BCUT2D eigenvalue weighted by Gasteiger charge is -2.03. The Morgan fingerprint density at radius 1 is 1.47 bits per heavy atom. The highest BCUT2D eigenvalue weighted by Gasteiger charge is 2.11. The maximum absolute atomic E-state index is 12.8. The van der Waals surface area contributed by atoms with E-state index >= 15 is 0 Å². The number of hydrogen-bond acceptors (Lipinski definition) is 5. The molecule has 90 valence electrons. The number of benzene rings is 1. The second kappa shape index (κ2) is 4.68. The van der Waals surface area contributed by atoms with E-state index in [4.69, 9.17) is 21.8 Å². The summed E-state index contributed by atoms with van der Waals surface area (Å²) in [5.41, 5.74) is 6.05. The first-order valence-electron chi connectivity index (χ1n) is 4.87. The Hall–Kier alpha value is -1.66. The molecular formula is C10H10ClFN4O. The number of halogens is 2. The largest absolute Gasteiger partial charge is 0.406 e. The molecule has 0 bridgehead atoms. The first kappa shape index (κ1) is 11.8. The highest BCUT2D eigenvalue weighted by atomic mass is 35.5. The number of nitrogens with zero attached hydrogens (tertiary/aromatic N) is 2. The molecule has 2 aromatic rings. The summed E-state index contributed by atoms with van der Waals surface area (Å²) in [6.45, 7) is 1.72. The van der Waals surface area contributed by atoms with Gasteiger partial charge in [-0.05, 0) is 25.1 Å². The lowest BCUT2D eigenvalue weighted by Crippen LogP contribution is -2.04. The van der Waals surface area contributed by atoms with Crippen LogP contribution in [0.2, 0.25) is 5.02 Å². The third-order valence-corrected chi connectivity index (χ3v) is 2.32. The van der Waals surface area contributed by atoms with Gasteiger partial charge < -0.3 is 15.5 Å². The monoisotopic (exact) mass is 256 g/mol. The van der Waals surface area contributed by atoms with Crippen molar-refractivity contribution in [3.05, 3.63) is 34.9 Å².